The Morgan fingerprint density at radius 2 is 1.89 bits per heavy atom. The molecule has 2 atom stereocenters. The molecule has 2 fully saturated rings. The average molecular weight is 281 g/mol. The van der Waals surface area contributed by atoms with Crippen LogP contribution in [-0.2, 0) is 0 Å². The highest BCUT2D eigenvalue weighted by atomic mass is 35.5. The van der Waals surface area contributed by atoms with E-state index in [4.69, 9.17) is 21.1 Å². The Labute approximate surface area is 120 Å². The summed E-state index contributed by atoms with van der Waals surface area (Å²) >= 11 is 6.46. The summed E-state index contributed by atoms with van der Waals surface area (Å²) in [6.45, 7) is 2.65. The van der Waals surface area contributed by atoms with Gasteiger partial charge in [-0.2, -0.15) is 0 Å². The second-order valence-electron chi connectivity index (χ2n) is 5.63. The minimum atomic E-state index is 0.223. The zero-order valence-electron chi connectivity index (χ0n) is 11.4. The van der Waals surface area contributed by atoms with Gasteiger partial charge >= 0.3 is 0 Å². The molecule has 2 nitrogen and oxygen atoms in total. The van der Waals surface area contributed by atoms with Crippen LogP contribution in [0.25, 0.3) is 0 Å². The van der Waals surface area contributed by atoms with Crippen LogP contribution < -0.4 is 9.47 Å². The first-order valence-electron chi connectivity index (χ1n) is 7.29. The van der Waals surface area contributed by atoms with E-state index in [2.05, 4.69) is 0 Å². The minimum absolute atomic E-state index is 0.223. The van der Waals surface area contributed by atoms with E-state index in [1.165, 1.54) is 25.7 Å². The van der Waals surface area contributed by atoms with Gasteiger partial charge < -0.3 is 9.47 Å². The standard InChI is InChI=1S/C16H21ClO2/c1-2-18-12-7-3-4-8-13(12)19-15-11-14(17)16(15)9-5-6-10-16/h3-4,7-8,14-15H,2,5-6,9-11H2,1H3. The lowest BCUT2D eigenvalue weighted by atomic mass is 9.64. The molecule has 0 heterocycles. The van der Waals surface area contributed by atoms with Gasteiger partial charge in [0.1, 0.15) is 6.10 Å². The number of alkyl halides is 1. The van der Waals surface area contributed by atoms with E-state index in [9.17, 15) is 0 Å². The van der Waals surface area contributed by atoms with Crippen molar-refractivity contribution in [2.45, 2.75) is 50.5 Å². The van der Waals surface area contributed by atoms with Crippen molar-refractivity contribution in [1.82, 2.24) is 0 Å². The van der Waals surface area contributed by atoms with Crippen LogP contribution in [0.3, 0.4) is 0 Å². The Morgan fingerprint density at radius 3 is 2.53 bits per heavy atom. The zero-order valence-corrected chi connectivity index (χ0v) is 12.2. The van der Waals surface area contributed by atoms with Crippen molar-refractivity contribution in [3.63, 3.8) is 0 Å². The molecule has 0 radical (unpaired) electrons. The van der Waals surface area contributed by atoms with E-state index >= 15 is 0 Å². The molecule has 0 N–H and O–H groups in total. The molecule has 1 aromatic rings. The van der Waals surface area contributed by atoms with Gasteiger partial charge in [-0.25, -0.2) is 0 Å². The molecule has 0 amide bonds. The highest BCUT2D eigenvalue weighted by Crippen LogP contribution is 2.57. The molecule has 104 valence electrons. The van der Waals surface area contributed by atoms with Gasteiger partial charge in [0.2, 0.25) is 0 Å². The summed E-state index contributed by atoms with van der Waals surface area (Å²) in [5, 5.41) is 0.291. The number of hydrogen-bond donors (Lipinski definition) is 0. The Bertz CT molecular complexity index is 440. The van der Waals surface area contributed by atoms with Crippen molar-refractivity contribution >= 4 is 11.6 Å². The second-order valence-corrected chi connectivity index (χ2v) is 6.16. The summed E-state index contributed by atoms with van der Waals surface area (Å²) in [4.78, 5) is 0. The second kappa shape index (κ2) is 5.24. The molecule has 2 aliphatic rings. The van der Waals surface area contributed by atoms with Crippen LogP contribution in [-0.4, -0.2) is 18.1 Å². The summed E-state index contributed by atoms with van der Waals surface area (Å²) in [7, 11) is 0. The van der Waals surface area contributed by atoms with Crippen molar-refractivity contribution in [1.29, 1.82) is 0 Å². The third kappa shape index (κ3) is 2.20. The van der Waals surface area contributed by atoms with Crippen LogP contribution in [0.4, 0.5) is 0 Å². The molecule has 3 rings (SSSR count). The van der Waals surface area contributed by atoms with E-state index in [0.717, 1.165) is 17.9 Å². The van der Waals surface area contributed by atoms with E-state index in [1.54, 1.807) is 0 Å². The molecule has 0 aromatic heterocycles. The first-order valence-corrected chi connectivity index (χ1v) is 7.72. The largest absolute Gasteiger partial charge is 0.490 e. The van der Waals surface area contributed by atoms with E-state index in [1.807, 2.05) is 31.2 Å². The van der Waals surface area contributed by atoms with Crippen LogP contribution in [0.1, 0.15) is 39.0 Å². The van der Waals surface area contributed by atoms with Gasteiger partial charge in [-0.05, 0) is 31.9 Å². The fourth-order valence-electron chi connectivity index (χ4n) is 3.51. The van der Waals surface area contributed by atoms with Gasteiger partial charge in [-0.1, -0.05) is 25.0 Å². The smallest absolute Gasteiger partial charge is 0.161 e. The number of halogens is 1. The van der Waals surface area contributed by atoms with Crippen LogP contribution in [0.2, 0.25) is 0 Å². The van der Waals surface area contributed by atoms with Gasteiger partial charge in [0.15, 0.2) is 11.5 Å². The normalized spacial score (nSPS) is 28.1. The predicted molar refractivity (Wildman–Crippen MR) is 77.2 cm³/mol. The summed E-state index contributed by atoms with van der Waals surface area (Å²) in [6, 6.07) is 7.94. The van der Waals surface area contributed by atoms with Crippen LogP contribution in [0.15, 0.2) is 24.3 Å². The van der Waals surface area contributed by atoms with Crippen LogP contribution in [0.5, 0.6) is 11.5 Å². The van der Waals surface area contributed by atoms with Crippen LogP contribution in [0, 0.1) is 5.41 Å². The van der Waals surface area contributed by atoms with Crippen molar-refractivity contribution in [3.8, 4) is 11.5 Å². The van der Waals surface area contributed by atoms with Crippen molar-refractivity contribution in [3.05, 3.63) is 24.3 Å². The summed E-state index contributed by atoms with van der Waals surface area (Å²) in [5.74, 6) is 1.71. The molecule has 2 saturated carbocycles. The average Bonchev–Trinajstić information content (AvgIpc) is 2.93. The first-order chi connectivity index (χ1) is 9.26. The monoisotopic (exact) mass is 280 g/mol. The Kier molecular flexibility index (Phi) is 3.62. The number of rotatable bonds is 4. The van der Waals surface area contributed by atoms with E-state index in [0.29, 0.717) is 12.0 Å². The molecular weight excluding hydrogens is 260 g/mol. The summed E-state index contributed by atoms with van der Waals surface area (Å²) < 4.78 is 11.9. The molecule has 1 spiro atoms. The number of hydrogen-bond acceptors (Lipinski definition) is 2. The van der Waals surface area contributed by atoms with Crippen molar-refractivity contribution in [2.24, 2.45) is 5.41 Å². The molecule has 2 aliphatic carbocycles. The van der Waals surface area contributed by atoms with Crippen molar-refractivity contribution in [2.75, 3.05) is 6.61 Å². The number of para-hydroxylation sites is 2. The highest BCUT2D eigenvalue weighted by molar-refractivity contribution is 6.21. The molecule has 2 unspecified atom stereocenters. The molecule has 0 saturated heterocycles. The fourth-order valence-corrected chi connectivity index (χ4v) is 4.03. The molecule has 3 heteroatoms. The maximum atomic E-state index is 6.46. The van der Waals surface area contributed by atoms with Gasteiger partial charge in [0, 0.05) is 17.2 Å². The van der Waals surface area contributed by atoms with E-state index < -0.39 is 0 Å². The maximum Gasteiger partial charge on any atom is 0.161 e. The molecule has 0 bridgehead atoms. The van der Waals surface area contributed by atoms with E-state index in [-0.39, 0.29) is 11.5 Å². The lowest BCUT2D eigenvalue weighted by Gasteiger charge is -2.51. The lowest BCUT2D eigenvalue weighted by molar-refractivity contribution is -0.0369. The fraction of sp³-hybridized carbons (Fsp3) is 0.625. The van der Waals surface area contributed by atoms with Gasteiger partial charge in [0.25, 0.3) is 0 Å². The number of ether oxygens (including phenoxy) is 2. The molecule has 0 aliphatic heterocycles. The van der Waals surface area contributed by atoms with Gasteiger partial charge in [-0.3, -0.25) is 0 Å². The Morgan fingerprint density at radius 1 is 1.21 bits per heavy atom. The zero-order chi connectivity index (χ0) is 13.3. The molecular formula is C16H21ClO2. The van der Waals surface area contributed by atoms with Crippen molar-refractivity contribution < 1.29 is 9.47 Å². The Balaban J connectivity index is 1.75. The Hall–Kier alpha value is -0.890. The molecule has 1 aromatic carbocycles. The quantitative estimate of drug-likeness (QED) is 0.761. The predicted octanol–water partition coefficient (Wildman–Crippen LogP) is 4.40. The first kappa shape index (κ1) is 13.1. The summed E-state index contributed by atoms with van der Waals surface area (Å²) in [5.41, 5.74) is 0.223. The maximum absolute atomic E-state index is 6.46. The highest BCUT2D eigenvalue weighted by Gasteiger charge is 2.57. The minimum Gasteiger partial charge on any atom is -0.490 e. The van der Waals surface area contributed by atoms with Gasteiger partial charge in [0.05, 0.1) is 6.61 Å². The summed E-state index contributed by atoms with van der Waals surface area (Å²) in [6.07, 6.45) is 6.22. The lowest BCUT2D eigenvalue weighted by Crippen LogP contribution is -2.55. The molecule has 19 heavy (non-hydrogen) atoms. The topological polar surface area (TPSA) is 18.5 Å². The third-order valence-electron chi connectivity index (χ3n) is 4.64. The van der Waals surface area contributed by atoms with Gasteiger partial charge in [-0.15, -0.1) is 11.6 Å². The van der Waals surface area contributed by atoms with Crippen LogP contribution >= 0.6 is 11.6 Å². The third-order valence-corrected chi connectivity index (χ3v) is 5.25. The number of benzene rings is 1. The SMILES string of the molecule is CCOc1ccccc1OC1CC(Cl)C12CCCC2.